The van der Waals surface area contributed by atoms with Crippen molar-refractivity contribution in [1.29, 1.82) is 0 Å². The summed E-state index contributed by atoms with van der Waals surface area (Å²) in [6.45, 7) is 8.18. The van der Waals surface area contributed by atoms with Gasteiger partial charge in [-0.2, -0.15) is 0 Å². The number of rotatable bonds is 4. The number of ether oxygens (including phenoxy) is 1. The lowest BCUT2D eigenvalue weighted by atomic mass is 10.00. The molecule has 2 N–H and O–H groups in total. The Balaban J connectivity index is 1.84. The molecule has 0 saturated carbocycles. The van der Waals surface area contributed by atoms with Gasteiger partial charge in [-0.15, -0.1) is 0 Å². The summed E-state index contributed by atoms with van der Waals surface area (Å²) in [5.74, 6) is 0.329. The Morgan fingerprint density at radius 3 is 2.80 bits per heavy atom. The van der Waals surface area contributed by atoms with Gasteiger partial charge in [0, 0.05) is 13.1 Å². The van der Waals surface area contributed by atoms with Crippen LogP contribution in [0, 0.1) is 6.92 Å². The molecule has 1 saturated heterocycles. The van der Waals surface area contributed by atoms with Gasteiger partial charge in [-0.3, -0.25) is 4.79 Å². The van der Waals surface area contributed by atoms with Crippen LogP contribution >= 0.6 is 0 Å². The predicted octanol–water partition coefficient (Wildman–Crippen LogP) is 1.59. The van der Waals surface area contributed by atoms with Crippen molar-refractivity contribution >= 4 is 5.91 Å². The SMILES string of the molecule is Cc1ccc(C(C)CNC(=O)[C@H]2NCCO[C@@H]2C)cc1. The average molecular weight is 276 g/mol. The maximum Gasteiger partial charge on any atom is 0.239 e. The molecule has 1 fully saturated rings. The summed E-state index contributed by atoms with van der Waals surface area (Å²) in [5.41, 5.74) is 2.50. The second kappa shape index (κ2) is 6.86. The highest BCUT2D eigenvalue weighted by molar-refractivity contribution is 5.82. The van der Waals surface area contributed by atoms with E-state index in [-0.39, 0.29) is 18.1 Å². The minimum Gasteiger partial charge on any atom is -0.375 e. The topological polar surface area (TPSA) is 50.4 Å². The van der Waals surface area contributed by atoms with E-state index >= 15 is 0 Å². The van der Waals surface area contributed by atoms with Crippen LogP contribution in [0.3, 0.4) is 0 Å². The molecule has 0 spiro atoms. The number of carbonyl (C=O) groups excluding carboxylic acids is 1. The molecule has 0 aliphatic carbocycles. The summed E-state index contributed by atoms with van der Waals surface area (Å²) >= 11 is 0. The normalized spacial score (nSPS) is 24.1. The standard InChI is InChI=1S/C16H24N2O2/c1-11-4-6-14(7-5-11)12(2)10-18-16(19)15-13(3)20-9-8-17-15/h4-7,12-13,15,17H,8-10H2,1-3H3,(H,18,19)/t12?,13-,15+/m1/s1. The molecule has 1 heterocycles. The molecule has 110 valence electrons. The number of nitrogens with one attached hydrogen (secondary N) is 2. The molecular weight excluding hydrogens is 252 g/mol. The predicted molar refractivity (Wildman–Crippen MR) is 79.8 cm³/mol. The molecule has 1 amide bonds. The monoisotopic (exact) mass is 276 g/mol. The number of morpholine rings is 1. The van der Waals surface area contributed by atoms with Gasteiger partial charge in [0.25, 0.3) is 0 Å². The minimum atomic E-state index is -0.242. The van der Waals surface area contributed by atoms with Crippen LogP contribution in [0.5, 0.6) is 0 Å². The third-order valence-corrected chi connectivity index (χ3v) is 3.83. The molecular formula is C16H24N2O2. The fraction of sp³-hybridized carbons (Fsp3) is 0.562. The number of aryl methyl sites for hydroxylation is 1. The van der Waals surface area contributed by atoms with E-state index in [0.29, 0.717) is 19.1 Å². The summed E-state index contributed by atoms with van der Waals surface area (Å²) in [7, 11) is 0. The average Bonchev–Trinajstić information content (AvgIpc) is 2.45. The Hall–Kier alpha value is -1.39. The fourth-order valence-electron chi connectivity index (χ4n) is 2.40. The van der Waals surface area contributed by atoms with Crippen LogP contribution in [0.2, 0.25) is 0 Å². The van der Waals surface area contributed by atoms with E-state index in [0.717, 1.165) is 6.54 Å². The Bertz CT molecular complexity index is 444. The van der Waals surface area contributed by atoms with Gasteiger partial charge in [0.05, 0.1) is 12.7 Å². The van der Waals surface area contributed by atoms with E-state index in [9.17, 15) is 4.79 Å². The molecule has 0 bridgehead atoms. The van der Waals surface area contributed by atoms with Gasteiger partial charge in [0.15, 0.2) is 0 Å². The molecule has 1 aliphatic heterocycles. The molecule has 3 atom stereocenters. The number of benzene rings is 1. The van der Waals surface area contributed by atoms with Gasteiger partial charge in [-0.25, -0.2) is 0 Å². The van der Waals surface area contributed by atoms with Gasteiger partial charge >= 0.3 is 0 Å². The van der Waals surface area contributed by atoms with Gasteiger partial charge in [0.2, 0.25) is 5.91 Å². The van der Waals surface area contributed by atoms with Crippen molar-refractivity contribution in [2.45, 2.75) is 38.8 Å². The summed E-state index contributed by atoms with van der Waals surface area (Å²) in [6, 6.07) is 8.21. The van der Waals surface area contributed by atoms with E-state index < -0.39 is 0 Å². The highest BCUT2D eigenvalue weighted by Crippen LogP contribution is 2.15. The number of hydrogen-bond donors (Lipinski definition) is 2. The summed E-state index contributed by atoms with van der Waals surface area (Å²) in [4.78, 5) is 12.1. The van der Waals surface area contributed by atoms with Gasteiger partial charge in [0.1, 0.15) is 6.04 Å². The Labute approximate surface area is 120 Å². The molecule has 4 heteroatoms. The summed E-state index contributed by atoms with van der Waals surface area (Å²) in [6.07, 6.45) is -0.0709. The zero-order valence-corrected chi connectivity index (χ0v) is 12.5. The van der Waals surface area contributed by atoms with Crippen molar-refractivity contribution in [1.82, 2.24) is 10.6 Å². The molecule has 4 nitrogen and oxygen atoms in total. The van der Waals surface area contributed by atoms with Crippen molar-refractivity contribution in [3.63, 3.8) is 0 Å². The second-order valence-corrected chi connectivity index (χ2v) is 5.56. The van der Waals surface area contributed by atoms with Crippen LogP contribution in [-0.4, -0.2) is 37.7 Å². The quantitative estimate of drug-likeness (QED) is 0.878. The third kappa shape index (κ3) is 3.81. The molecule has 20 heavy (non-hydrogen) atoms. The lowest BCUT2D eigenvalue weighted by Crippen LogP contribution is -2.55. The maximum absolute atomic E-state index is 12.1. The van der Waals surface area contributed by atoms with Gasteiger partial charge < -0.3 is 15.4 Å². The van der Waals surface area contributed by atoms with Crippen LogP contribution < -0.4 is 10.6 Å². The molecule has 1 aliphatic rings. The Morgan fingerprint density at radius 2 is 2.15 bits per heavy atom. The van der Waals surface area contributed by atoms with Crippen LogP contribution in [0.1, 0.15) is 30.9 Å². The first-order valence-electron chi connectivity index (χ1n) is 7.27. The van der Waals surface area contributed by atoms with E-state index in [2.05, 4.69) is 48.7 Å². The minimum absolute atomic E-state index is 0.0242. The van der Waals surface area contributed by atoms with E-state index in [1.54, 1.807) is 0 Å². The van der Waals surface area contributed by atoms with Crippen molar-refractivity contribution in [2.75, 3.05) is 19.7 Å². The number of carbonyl (C=O) groups is 1. The molecule has 1 aromatic carbocycles. The van der Waals surface area contributed by atoms with Gasteiger partial charge in [-0.1, -0.05) is 36.8 Å². The second-order valence-electron chi connectivity index (χ2n) is 5.56. The number of amides is 1. The third-order valence-electron chi connectivity index (χ3n) is 3.83. The van der Waals surface area contributed by atoms with Crippen molar-refractivity contribution < 1.29 is 9.53 Å². The Kier molecular flexibility index (Phi) is 5.15. The van der Waals surface area contributed by atoms with E-state index in [4.69, 9.17) is 4.74 Å². The first-order chi connectivity index (χ1) is 9.58. The molecule has 1 aromatic rings. The van der Waals surface area contributed by atoms with Crippen molar-refractivity contribution in [3.05, 3.63) is 35.4 Å². The molecule has 1 unspecified atom stereocenters. The van der Waals surface area contributed by atoms with E-state index in [1.165, 1.54) is 11.1 Å². The first kappa shape index (κ1) is 15.0. The molecule has 0 radical (unpaired) electrons. The summed E-state index contributed by atoms with van der Waals surface area (Å²) in [5, 5.41) is 6.22. The Morgan fingerprint density at radius 1 is 1.45 bits per heavy atom. The largest absolute Gasteiger partial charge is 0.375 e. The summed E-state index contributed by atoms with van der Waals surface area (Å²) < 4.78 is 5.49. The van der Waals surface area contributed by atoms with Crippen molar-refractivity contribution in [3.8, 4) is 0 Å². The van der Waals surface area contributed by atoms with Crippen LogP contribution in [0.25, 0.3) is 0 Å². The highest BCUT2D eigenvalue weighted by Gasteiger charge is 2.28. The molecule has 2 rings (SSSR count). The fourth-order valence-corrected chi connectivity index (χ4v) is 2.40. The maximum atomic E-state index is 12.1. The lowest BCUT2D eigenvalue weighted by Gasteiger charge is -2.29. The van der Waals surface area contributed by atoms with Crippen LogP contribution in [-0.2, 0) is 9.53 Å². The first-order valence-corrected chi connectivity index (χ1v) is 7.27. The zero-order valence-electron chi connectivity index (χ0n) is 12.5. The van der Waals surface area contributed by atoms with Crippen LogP contribution in [0.15, 0.2) is 24.3 Å². The zero-order chi connectivity index (χ0) is 14.5. The smallest absolute Gasteiger partial charge is 0.239 e. The highest BCUT2D eigenvalue weighted by atomic mass is 16.5. The number of hydrogen-bond acceptors (Lipinski definition) is 3. The lowest BCUT2D eigenvalue weighted by molar-refractivity contribution is -0.128. The van der Waals surface area contributed by atoms with Gasteiger partial charge in [-0.05, 0) is 25.3 Å². The van der Waals surface area contributed by atoms with Crippen molar-refractivity contribution in [2.24, 2.45) is 0 Å². The van der Waals surface area contributed by atoms with Crippen LogP contribution in [0.4, 0.5) is 0 Å². The van der Waals surface area contributed by atoms with E-state index in [1.807, 2.05) is 6.92 Å². The molecule has 0 aromatic heterocycles.